The van der Waals surface area contributed by atoms with Gasteiger partial charge in [0.1, 0.15) is 11.8 Å². The number of benzene rings is 1. The van der Waals surface area contributed by atoms with Crippen molar-refractivity contribution in [1.82, 2.24) is 4.90 Å². The van der Waals surface area contributed by atoms with Gasteiger partial charge < -0.3 is 25.2 Å². The highest BCUT2D eigenvalue weighted by Crippen LogP contribution is 2.29. The van der Waals surface area contributed by atoms with E-state index in [1.807, 2.05) is 0 Å². The Morgan fingerprint density at radius 2 is 2.19 bits per heavy atom. The van der Waals surface area contributed by atoms with E-state index in [1.54, 1.807) is 18.2 Å². The van der Waals surface area contributed by atoms with Gasteiger partial charge in [0, 0.05) is 17.4 Å². The molecular weight excluding hydrogens is 344 g/mol. The van der Waals surface area contributed by atoms with E-state index in [1.165, 1.54) is 7.11 Å². The molecule has 1 aromatic rings. The maximum Gasteiger partial charge on any atom is 0.326 e. The average Bonchev–Trinajstić information content (AvgIpc) is 2.81. The quantitative estimate of drug-likeness (QED) is 0.760. The van der Waals surface area contributed by atoms with Crippen molar-refractivity contribution in [1.29, 1.82) is 0 Å². The molecule has 21 heavy (non-hydrogen) atoms. The van der Waals surface area contributed by atoms with E-state index in [0.29, 0.717) is 11.4 Å². The van der Waals surface area contributed by atoms with Crippen LogP contribution in [0.5, 0.6) is 5.75 Å². The Morgan fingerprint density at radius 1 is 1.48 bits per heavy atom. The predicted molar refractivity (Wildman–Crippen MR) is 78.5 cm³/mol. The van der Waals surface area contributed by atoms with Gasteiger partial charge in [-0.05, 0) is 18.2 Å². The molecule has 1 aliphatic rings. The number of anilines is 1. The average molecular weight is 359 g/mol. The van der Waals surface area contributed by atoms with Crippen LogP contribution in [0.3, 0.4) is 0 Å². The van der Waals surface area contributed by atoms with Crippen molar-refractivity contribution in [2.45, 2.75) is 18.6 Å². The first-order valence-electron chi connectivity index (χ1n) is 6.24. The number of amides is 2. The van der Waals surface area contributed by atoms with Crippen LogP contribution in [0.2, 0.25) is 0 Å². The molecule has 1 saturated heterocycles. The number of aliphatic carboxylic acids is 1. The highest BCUT2D eigenvalue weighted by molar-refractivity contribution is 9.10. The van der Waals surface area contributed by atoms with Gasteiger partial charge in [-0.1, -0.05) is 15.9 Å². The zero-order chi connectivity index (χ0) is 15.6. The summed E-state index contributed by atoms with van der Waals surface area (Å²) in [6.45, 7) is -0.0148. The fourth-order valence-electron chi connectivity index (χ4n) is 2.24. The van der Waals surface area contributed by atoms with Crippen LogP contribution in [0.4, 0.5) is 10.5 Å². The molecule has 114 valence electrons. The number of halogens is 1. The first-order valence-corrected chi connectivity index (χ1v) is 7.03. The number of hydrogen-bond acceptors (Lipinski definition) is 4. The van der Waals surface area contributed by atoms with Crippen LogP contribution in [0, 0.1) is 0 Å². The number of ether oxygens (including phenoxy) is 1. The summed E-state index contributed by atoms with van der Waals surface area (Å²) in [7, 11) is 1.47. The second-order valence-electron chi connectivity index (χ2n) is 4.67. The lowest BCUT2D eigenvalue weighted by molar-refractivity contribution is -0.141. The molecular formula is C13H15BrN2O5. The Kier molecular flexibility index (Phi) is 4.69. The number of urea groups is 1. The minimum absolute atomic E-state index is 0.0148. The normalized spacial score (nSPS) is 21.2. The lowest BCUT2D eigenvalue weighted by atomic mass is 10.2. The number of carboxylic acid groups (broad SMARTS) is 1. The summed E-state index contributed by atoms with van der Waals surface area (Å²) >= 11 is 3.29. The summed E-state index contributed by atoms with van der Waals surface area (Å²) in [6.07, 6.45) is -0.806. The van der Waals surface area contributed by atoms with Crippen molar-refractivity contribution < 1.29 is 24.5 Å². The van der Waals surface area contributed by atoms with E-state index in [2.05, 4.69) is 21.2 Å². The summed E-state index contributed by atoms with van der Waals surface area (Å²) in [6, 6.07) is 3.47. The number of methoxy groups -OCH3 is 1. The van der Waals surface area contributed by atoms with Gasteiger partial charge in [0.2, 0.25) is 0 Å². The number of carbonyl (C=O) groups excluding carboxylic acids is 1. The van der Waals surface area contributed by atoms with Crippen LogP contribution < -0.4 is 10.1 Å². The van der Waals surface area contributed by atoms with Gasteiger partial charge in [-0.3, -0.25) is 0 Å². The SMILES string of the molecule is COc1ccc(Br)cc1NC(=O)N1C[C@H](O)C[C@H]1C(=O)O. The number of nitrogens with one attached hydrogen (secondary N) is 1. The number of rotatable bonds is 3. The topological polar surface area (TPSA) is 99.1 Å². The van der Waals surface area contributed by atoms with Gasteiger partial charge in [-0.2, -0.15) is 0 Å². The number of hydrogen-bond donors (Lipinski definition) is 3. The monoisotopic (exact) mass is 358 g/mol. The number of carboxylic acids is 1. The summed E-state index contributed by atoms with van der Waals surface area (Å²) in [4.78, 5) is 24.5. The number of aliphatic hydroxyl groups excluding tert-OH is 1. The number of nitrogens with zero attached hydrogens (tertiary/aromatic N) is 1. The summed E-state index contributed by atoms with van der Waals surface area (Å²) < 4.78 is 5.88. The number of β-amino-alcohol motifs (C(OH)–C–C–N with tert-alkyl or cyclic N) is 1. The van der Waals surface area contributed by atoms with Crippen LogP contribution in [0.1, 0.15) is 6.42 Å². The Balaban J connectivity index is 2.18. The van der Waals surface area contributed by atoms with E-state index in [-0.39, 0.29) is 13.0 Å². The van der Waals surface area contributed by atoms with Gasteiger partial charge in [0.25, 0.3) is 0 Å². The highest BCUT2D eigenvalue weighted by atomic mass is 79.9. The molecule has 0 unspecified atom stereocenters. The summed E-state index contributed by atoms with van der Waals surface area (Å²) in [5.74, 6) is -0.680. The van der Waals surface area contributed by atoms with E-state index in [4.69, 9.17) is 9.84 Å². The van der Waals surface area contributed by atoms with Crippen LogP contribution in [0.25, 0.3) is 0 Å². The van der Waals surface area contributed by atoms with Gasteiger partial charge in [0.05, 0.1) is 18.9 Å². The molecule has 2 atom stereocenters. The van der Waals surface area contributed by atoms with Gasteiger partial charge >= 0.3 is 12.0 Å². The predicted octanol–water partition coefficient (Wildman–Crippen LogP) is 1.51. The molecule has 8 heteroatoms. The highest BCUT2D eigenvalue weighted by Gasteiger charge is 2.39. The molecule has 0 radical (unpaired) electrons. The molecule has 0 saturated carbocycles. The lowest BCUT2D eigenvalue weighted by Crippen LogP contribution is -2.43. The third-order valence-corrected chi connectivity index (χ3v) is 3.72. The molecule has 0 bridgehead atoms. The molecule has 2 amide bonds. The molecule has 1 aromatic carbocycles. The van der Waals surface area contributed by atoms with Gasteiger partial charge in [0.15, 0.2) is 0 Å². The lowest BCUT2D eigenvalue weighted by Gasteiger charge is -2.22. The molecule has 1 fully saturated rings. The van der Waals surface area contributed by atoms with Crippen molar-refractivity contribution in [3.63, 3.8) is 0 Å². The molecule has 2 rings (SSSR count). The first-order chi connectivity index (χ1) is 9.92. The molecule has 7 nitrogen and oxygen atoms in total. The maximum atomic E-state index is 12.2. The minimum Gasteiger partial charge on any atom is -0.495 e. The Bertz CT molecular complexity index is 565. The molecule has 0 spiro atoms. The molecule has 0 aromatic heterocycles. The van der Waals surface area contributed by atoms with Crippen molar-refractivity contribution in [2.24, 2.45) is 0 Å². The number of aliphatic hydroxyl groups is 1. The standard InChI is InChI=1S/C13H15BrN2O5/c1-21-11-3-2-7(14)4-9(11)15-13(20)16-6-8(17)5-10(16)12(18)19/h2-4,8,10,17H,5-6H2,1H3,(H,15,20)(H,18,19)/t8-,10+/m1/s1. The smallest absolute Gasteiger partial charge is 0.326 e. The van der Waals surface area contributed by atoms with Gasteiger partial charge in [-0.15, -0.1) is 0 Å². The van der Waals surface area contributed by atoms with Crippen molar-refractivity contribution in [3.8, 4) is 5.75 Å². The minimum atomic E-state index is -1.14. The number of carbonyl (C=O) groups is 2. The van der Waals surface area contributed by atoms with E-state index < -0.39 is 24.1 Å². The second kappa shape index (κ2) is 6.31. The Labute approximate surface area is 129 Å². The second-order valence-corrected chi connectivity index (χ2v) is 5.59. The van der Waals surface area contributed by atoms with Crippen LogP contribution in [-0.2, 0) is 4.79 Å². The van der Waals surface area contributed by atoms with E-state index in [9.17, 15) is 14.7 Å². The van der Waals surface area contributed by atoms with Crippen LogP contribution in [0.15, 0.2) is 22.7 Å². The zero-order valence-corrected chi connectivity index (χ0v) is 12.8. The maximum absolute atomic E-state index is 12.2. The fraction of sp³-hybridized carbons (Fsp3) is 0.385. The summed E-state index contributed by atoms with van der Waals surface area (Å²) in [5, 5.41) is 21.3. The van der Waals surface area contributed by atoms with Gasteiger partial charge in [-0.25, -0.2) is 9.59 Å². The molecule has 3 N–H and O–H groups in total. The largest absolute Gasteiger partial charge is 0.495 e. The Hall–Kier alpha value is -1.80. The third-order valence-electron chi connectivity index (χ3n) is 3.23. The fourth-order valence-corrected chi connectivity index (χ4v) is 2.60. The molecule has 1 heterocycles. The zero-order valence-electron chi connectivity index (χ0n) is 11.2. The van der Waals surface area contributed by atoms with Crippen LogP contribution in [-0.4, -0.2) is 52.9 Å². The first kappa shape index (κ1) is 15.6. The Morgan fingerprint density at radius 3 is 2.81 bits per heavy atom. The summed E-state index contributed by atoms with van der Waals surface area (Å²) in [5.41, 5.74) is 0.419. The third kappa shape index (κ3) is 3.45. The molecule has 0 aliphatic carbocycles. The number of likely N-dealkylation sites (tertiary alicyclic amines) is 1. The molecule has 1 aliphatic heterocycles. The van der Waals surface area contributed by atoms with Crippen molar-refractivity contribution in [3.05, 3.63) is 22.7 Å². The van der Waals surface area contributed by atoms with Crippen molar-refractivity contribution >= 4 is 33.6 Å². The van der Waals surface area contributed by atoms with Crippen molar-refractivity contribution in [2.75, 3.05) is 19.0 Å². The van der Waals surface area contributed by atoms with E-state index >= 15 is 0 Å². The van der Waals surface area contributed by atoms with E-state index in [0.717, 1.165) is 9.37 Å². The van der Waals surface area contributed by atoms with Crippen LogP contribution >= 0.6 is 15.9 Å².